The molecule has 0 spiro atoms. The third-order valence-electron chi connectivity index (χ3n) is 2.25. The lowest BCUT2D eigenvalue weighted by atomic mass is 10.3. The molecule has 1 N–H and O–H groups in total. The molecule has 0 aliphatic rings. The Balaban J connectivity index is 3.85. The second-order valence-corrected chi connectivity index (χ2v) is 5.67. The van der Waals surface area contributed by atoms with Crippen LogP contribution in [0.3, 0.4) is 0 Å². The normalized spacial score (nSPS) is 13.7. The lowest BCUT2D eigenvalue weighted by Gasteiger charge is -2.10. The van der Waals surface area contributed by atoms with Crippen LogP contribution in [0.5, 0.6) is 0 Å². The van der Waals surface area contributed by atoms with Crippen LogP contribution < -0.4 is 5.32 Å². The van der Waals surface area contributed by atoms with Crippen molar-refractivity contribution in [2.24, 2.45) is 0 Å². The molecule has 0 aromatic carbocycles. The van der Waals surface area contributed by atoms with Crippen LogP contribution in [0.1, 0.15) is 19.8 Å². The second-order valence-electron chi connectivity index (χ2n) is 3.81. The van der Waals surface area contributed by atoms with E-state index in [1.54, 1.807) is 14.0 Å². The Kier molecular flexibility index (Phi) is 9.49. The highest BCUT2D eigenvalue weighted by Gasteiger charge is 2.18. The molecule has 0 saturated carbocycles. The van der Waals surface area contributed by atoms with Crippen LogP contribution in [-0.2, 0) is 29.9 Å². The molecule has 0 radical (unpaired) electrons. The van der Waals surface area contributed by atoms with E-state index in [1.165, 1.54) is 7.11 Å². The van der Waals surface area contributed by atoms with Crippen molar-refractivity contribution < 1.29 is 23.3 Å². The largest absolute Gasteiger partial charge is 0.469 e. The average molecular weight is 279 g/mol. The van der Waals surface area contributed by atoms with Gasteiger partial charge in [0.15, 0.2) is 0 Å². The summed E-state index contributed by atoms with van der Waals surface area (Å²) in [6.07, 6.45) is 0.770. The predicted molar refractivity (Wildman–Crippen MR) is 68.6 cm³/mol. The van der Waals surface area contributed by atoms with Gasteiger partial charge in [-0.25, -0.2) is 0 Å². The number of ether oxygens (including phenoxy) is 2. The molecule has 2 unspecified atom stereocenters. The van der Waals surface area contributed by atoms with Crippen molar-refractivity contribution >= 4 is 22.7 Å². The summed E-state index contributed by atoms with van der Waals surface area (Å²) in [5.74, 6) is -0.789. The number of hydrogen-bond acceptors (Lipinski definition) is 5. The van der Waals surface area contributed by atoms with E-state index in [1.807, 2.05) is 0 Å². The molecule has 0 heterocycles. The van der Waals surface area contributed by atoms with Crippen molar-refractivity contribution in [3.05, 3.63) is 0 Å². The fourth-order valence-electron chi connectivity index (χ4n) is 1.18. The maximum atomic E-state index is 11.7. The Morgan fingerprint density at radius 2 is 2.00 bits per heavy atom. The number of methoxy groups -OCH3 is 2. The van der Waals surface area contributed by atoms with Gasteiger partial charge in [0.2, 0.25) is 5.91 Å². The molecule has 0 aromatic heterocycles. The molecular weight excluding hydrogens is 258 g/mol. The highest BCUT2D eigenvalue weighted by Crippen LogP contribution is 2.03. The Hall–Kier alpha value is -0.950. The molecule has 0 rings (SSSR count). The summed E-state index contributed by atoms with van der Waals surface area (Å²) in [6.45, 7) is 2.72. The summed E-state index contributed by atoms with van der Waals surface area (Å²) in [6, 6.07) is 0. The van der Waals surface area contributed by atoms with Gasteiger partial charge in [0, 0.05) is 36.3 Å². The van der Waals surface area contributed by atoms with Crippen molar-refractivity contribution in [2.45, 2.75) is 25.0 Å². The predicted octanol–water partition coefficient (Wildman–Crippen LogP) is -0.161. The molecular formula is C11H21NO5S. The highest BCUT2D eigenvalue weighted by atomic mass is 32.2. The molecule has 106 valence electrons. The molecule has 6 nitrogen and oxygen atoms in total. The molecule has 18 heavy (non-hydrogen) atoms. The van der Waals surface area contributed by atoms with E-state index in [-0.39, 0.29) is 23.3 Å². The summed E-state index contributed by atoms with van der Waals surface area (Å²) in [7, 11) is 1.50. The van der Waals surface area contributed by atoms with E-state index in [4.69, 9.17) is 4.74 Å². The first-order valence-electron chi connectivity index (χ1n) is 5.70. The van der Waals surface area contributed by atoms with Gasteiger partial charge in [-0.2, -0.15) is 0 Å². The van der Waals surface area contributed by atoms with Crippen molar-refractivity contribution in [3.8, 4) is 0 Å². The first-order chi connectivity index (χ1) is 8.51. The standard InChI is InChI=1S/C11H21NO5S/c1-9(7-11(14)17-3)18(15)8-10(13)12-5-4-6-16-2/h9H,4-8H2,1-3H3,(H,12,13). The van der Waals surface area contributed by atoms with E-state index < -0.39 is 16.8 Å². The number of carbonyl (C=O) groups excluding carboxylic acids is 2. The van der Waals surface area contributed by atoms with Crippen LogP contribution in [-0.4, -0.2) is 54.5 Å². The maximum Gasteiger partial charge on any atom is 0.306 e. The van der Waals surface area contributed by atoms with E-state index in [9.17, 15) is 13.8 Å². The van der Waals surface area contributed by atoms with Crippen molar-refractivity contribution in [3.63, 3.8) is 0 Å². The van der Waals surface area contributed by atoms with Gasteiger partial charge in [-0.1, -0.05) is 6.92 Å². The molecule has 0 aliphatic heterocycles. The van der Waals surface area contributed by atoms with Gasteiger partial charge in [0.25, 0.3) is 0 Å². The monoisotopic (exact) mass is 279 g/mol. The third-order valence-corrected chi connectivity index (χ3v) is 3.86. The summed E-state index contributed by atoms with van der Waals surface area (Å²) < 4.78 is 21.0. The minimum atomic E-state index is -1.37. The van der Waals surface area contributed by atoms with Gasteiger partial charge >= 0.3 is 5.97 Å². The molecule has 0 aliphatic carbocycles. The van der Waals surface area contributed by atoms with Crippen LogP contribution in [0.4, 0.5) is 0 Å². The minimum Gasteiger partial charge on any atom is -0.469 e. The fraction of sp³-hybridized carbons (Fsp3) is 0.818. The summed E-state index contributed by atoms with van der Waals surface area (Å²) in [5, 5.41) is 2.26. The van der Waals surface area contributed by atoms with Gasteiger partial charge in [-0.15, -0.1) is 0 Å². The van der Waals surface area contributed by atoms with Crippen molar-refractivity contribution in [2.75, 3.05) is 33.1 Å². The van der Waals surface area contributed by atoms with Gasteiger partial charge in [-0.05, 0) is 6.42 Å². The second kappa shape index (κ2) is 10.0. The van der Waals surface area contributed by atoms with Crippen LogP contribution in [0.25, 0.3) is 0 Å². The molecule has 7 heteroatoms. The van der Waals surface area contributed by atoms with Gasteiger partial charge in [-0.3, -0.25) is 13.8 Å². The smallest absolute Gasteiger partial charge is 0.306 e. The topological polar surface area (TPSA) is 81.7 Å². The third kappa shape index (κ3) is 8.19. The van der Waals surface area contributed by atoms with E-state index in [2.05, 4.69) is 10.1 Å². The number of nitrogens with one attached hydrogen (secondary N) is 1. The van der Waals surface area contributed by atoms with Crippen LogP contribution in [0.15, 0.2) is 0 Å². The zero-order chi connectivity index (χ0) is 14.0. The SMILES string of the molecule is COCCCNC(=O)CS(=O)C(C)CC(=O)OC. The molecule has 2 atom stereocenters. The highest BCUT2D eigenvalue weighted by molar-refractivity contribution is 7.86. The van der Waals surface area contributed by atoms with E-state index >= 15 is 0 Å². The van der Waals surface area contributed by atoms with Crippen molar-refractivity contribution in [1.82, 2.24) is 5.32 Å². The number of rotatable bonds is 9. The molecule has 1 amide bonds. The molecule has 0 bridgehead atoms. The fourth-order valence-corrected chi connectivity index (χ4v) is 2.14. The Morgan fingerprint density at radius 3 is 2.56 bits per heavy atom. The van der Waals surface area contributed by atoms with Crippen LogP contribution in [0, 0.1) is 0 Å². The first-order valence-corrected chi connectivity index (χ1v) is 7.09. The van der Waals surface area contributed by atoms with Crippen LogP contribution >= 0.6 is 0 Å². The quantitative estimate of drug-likeness (QED) is 0.468. The van der Waals surface area contributed by atoms with Gasteiger partial charge in [0.1, 0.15) is 5.75 Å². The molecule has 0 fully saturated rings. The van der Waals surface area contributed by atoms with Crippen molar-refractivity contribution in [1.29, 1.82) is 0 Å². The molecule has 0 aromatic rings. The number of amides is 1. The zero-order valence-corrected chi connectivity index (χ0v) is 11.9. The van der Waals surface area contributed by atoms with Gasteiger partial charge < -0.3 is 14.8 Å². The summed E-state index contributed by atoms with van der Waals surface area (Å²) >= 11 is 0. The summed E-state index contributed by atoms with van der Waals surface area (Å²) in [4.78, 5) is 22.4. The number of hydrogen-bond donors (Lipinski definition) is 1. The minimum absolute atomic E-state index is 0.0556. The average Bonchev–Trinajstić information content (AvgIpc) is 2.34. The Morgan fingerprint density at radius 1 is 1.33 bits per heavy atom. The van der Waals surface area contributed by atoms with E-state index in [0.29, 0.717) is 19.6 Å². The Bertz CT molecular complexity index is 295. The summed E-state index contributed by atoms with van der Waals surface area (Å²) in [5.41, 5.74) is 0. The number of esters is 1. The Labute approximate surface area is 110 Å². The zero-order valence-electron chi connectivity index (χ0n) is 11.1. The first kappa shape index (κ1) is 17.1. The van der Waals surface area contributed by atoms with Gasteiger partial charge in [0.05, 0.1) is 13.5 Å². The lowest BCUT2D eigenvalue weighted by Crippen LogP contribution is -2.32. The van der Waals surface area contributed by atoms with E-state index in [0.717, 1.165) is 0 Å². The maximum absolute atomic E-state index is 11.7. The van der Waals surface area contributed by atoms with Crippen LogP contribution in [0.2, 0.25) is 0 Å². The lowest BCUT2D eigenvalue weighted by molar-refractivity contribution is -0.140. The number of carbonyl (C=O) groups is 2. The molecule has 0 saturated heterocycles.